The zero-order chi connectivity index (χ0) is 65.9. The van der Waals surface area contributed by atoms with Gasteiger partial charge in [0.1, 0.15) is 28.2 Å². The van der Waals surface area contributed by atoms with Crippen LogP contribution in [0.2, 0.25) is 0 Å². The average Bonchev–Trinajstić information content (AvgIpc) is 0.819. The maximum Gasteiger partial charge on any atom is 0.212 e. The lowest BCUT2D eigenvalue weighted by atomic mass is 9.92. The van der Waals surface area contributed by atoms with Crippen LogP contribution in [0.25, 0.3) is 45.0 Å². The smallest absolute Gasteiger partial charge is 0.201 e. The van der Waals surface area contributed by atoms with Crippen LogP contribution in [0.4, 0.5) is 0 Å². The molecule has 0 amide bonds. The van der Waals surface area contributed by atoms with E-state index in [2.05, 4.69) is 184 Å². The van der Waals surface area contributed by atoms with Gasteiger partial charge in [0.05, 0.1) is 0 Å². The summed E-state index contributed by atoms with van der Waals surface area (Å²) in [6, 6.07) is 42.2. The summed E-state index contributed by atoms with van der Waals surface area (Å²) in [5.41, 5.74) is 23.1. The monoisotopic (exact) mass is 1110 g/mol. The van der Waals surface area contributed by atoms with E-state index in [1.807, 2.05) is 127 Å². The highest BCUT2D eigenvalue weighted by molar-refractivity contribution is 5.64. The molecule has 0 saturated heterocycles. The third-order valence-electron chi connectivity index (χ3n) is 14.7. The average molecular weight is 1110 g/mol. The molecular formula is C78H108N4+4. The number of pyridine rings is 4. The molecule has 4 nitrogen and oxygen atoms in total. The topological polar surface area (TPSA) is 15.5 Å². The highest BCUT2D eigenvalue weighted by Crippen LogP contribution is 2.28. The van der Waals surface area contributed by atoms with E-state index < -0.39 is 19.1 Å². The first-order chi connectivity index (χ1) is 41.0. The van der Waals surface area contributed by atoms with Crippen LogP contribution in [-0.2, 0) is 66.6 Å². The van der Waals surface area contributed by atoms with E-state index in [1.54, 1.807) is 6.20 Å². The summed E-state index contributed by atoms with van der Waals surface area (Å²) in [6.07, 6.45) is 7.26. The number of hydrogen-bond donors (Lipinski definition) is 0. The van der Waals surface area contributed by atoms with Crippen LogP contribution in [0, 0.1) is 77.0 Å². The summed E-state index contributed by atoms with van der Waals surface area (Å²) in [7, 11) is 8.20. The predicted octanol–water partition coefficient (Wildman–Crippen LogP) is 17.8. The third kappa shape index (κ3) is 19.3. The lowest BCUT2D eigenvalue weighted by molar-refractivity contribution is -0.661. The molecular weight excluding hydrogens is 993 g/mol. The van der Waals surface area contributed by atoms with E-state index in [9.17, 15) is 0 Å². The minimum atomic E-state index is -1.62. The molecule has 82 heavy (non-hydrogen) atoms. The minimum absolute atomic E-state index is 0.0551. The number of aryl methyl sites for hydroxylation is 10. The first kappa shape index (κ1) is 57.3. The molecule has 8 aromatic rings. The van der Waals surface area contributed by atoms with Crippen molar-refractivity contribution in [1.82, 2.24) is 0 Å². The second-order valence-electron chi connectivity index (χ2n) is 25.2. The largest absolute Gasteiger partial charge is 0.212 e. The molecule has 4 aromatic carbocycles. The summed E-state index contributed by atoms with van der Waals surface area (Å²) in [6.45, 7) is 37.7. The lowest BCUT2D eigenvalue weighted by Crippen LogP contribution is -2.32. The van der Waals surface area contributed by atoms with Crippen molar-refractivity contribution in [3.05, 3.63) is 213 Å². The Labute approximate surface area is 508 Å². The van der Waals surface area contributed by atoms with Gasteiger partial charge in [-0.2, -0.15) is 0 Å². The van der Waals surface area contributed by atoms with Crippen LogP contribution in [0.3, 0.4) is 0 Å². The molecule has 0 atom stereocenters. The molecule has 4 heteroatoms. The van der Waals surface area contributed by atoms with Crippen LogP contribution in [0.1, 0.15) is 158 Å². The molecule has 0 radical (unpaired) electrons. The van der Waals surface area contributed by atoms with Crippen molar-refractivity contribution in [3.8, 4) is 45.0 Å². The third-order valence-corrected chi connectivity index (χ3v) is 14.7. The molecule has 436 valence electrons. The fraction of sp³-hybridized carbons (Fsp3) is 0.436. The quantitative estimate of drug-likeness (QED) is 0.0857. The summed E-state index contributed by atoms with van der Waals surface area (Å²) in [5.74, 6) is 1.50. The van der Waals surface area contributed by atoms with Crippen molar-refractivity contribution in [2.75, 3.05) is 0 Å². The van der Waals surface area contributed by atoms with Crippen molar-refractivity contribution >= 4 is 0 Å². The highest BCUT2D eigenvalue weighted by Gasteiger charge is 2.22. The Morgan fingerprint density at radius 1 is 0.280 bits per heavy atom. The van der Waals surface area contributed by atoms with Gasteiger partial charge in [-0.15, -0.1) is 0 Å². The maximum absolute atomic E-state index is 8.66. The molecule has 0 N–H and O–H groups in total. The maximum atomic E-state index is 8.66. The highest BCUT2D eigenvalue weighted by atomic mass is 14.9. The molecule has 0 aliphatic heterocycles. The first-order valence-corrected chi connectivity index (χ1v) is 30.3. The molecule has 0 fully saturated rings. The van der Waals surface area contributed by atoms with Crippen LogP contribution >= 0.6 is 0 Å². The summed E-state index contributed by atoms with van der Waals surface area (Å²) in [5, 5.41) is 0. The molecule has 0 unspecified atom stereocenters. The van der Waals surface area contributed by atoms with E-state index in [4.69, 9.17) is 8.22 Å². The van der Waals surface area contributed by atoms with Crippen molar-refractivity contribution in [1.29, 1.82) is 0 Å². The van der Waals surface area contributed by atoms with Crippen molar-refractivity contribution in [3.63, 3.8) is 0 Å². The Morgan fingerprint density at radius 3 is 0.890 bits per heavy atom. The van der Waals surface area contributed by atoms with Gasteiger partial charge in [-0.05, 0) is 184 Å². The van der Waals surface area contributed by atoms with Gasteiger partial charge in [0.2, 0.25) is 22.8 Å². The zero-order valence-corrected chi connectivity index (χ0v) is 54.7. The second kappa shape index (κ2) is 31.2. The van der Waals surface area contributed by atoms with E-state index >= 15 is 0 Å². The second-order valence-corrected chi connectivity index (χ2v) is 25.2. The number of hydrogen-bond acceptors (Lipinski definition) is 0. The Kier molecular flexibility index (Phi) is 21.8. The minimum Gasteiger partial charge on any atom is -0.201 e. The normalized spacial score (nSPS) is 12.9. The Bertz CT molecular complexity index is 3630. The molecule has 4 heterocycles. The summed E-state index contributed by atoms with van der Waals surface area (Å²) < 4.78 is 59.6. The van der Waals surface area contributed by atoms with E-state index in [1.165, 1.54) is 67.0 Å². The van der Waals surface area contributed by atoms with Crippen LogP contribution < -0.4 is 18.3 Å². The van der Waals surface area contributed by atoms with Gasteiger partial charge in [0, 0.05) is 77.0 Å². The molecule has 0 aliphatic rings. The number of rotatable bonds is 16. The SMILES string of the molecule is Cc1cc(-c2ccccc2C)[n+](C)cc1CC(C)C.Cc1ccccc1-c1cc(CC(C)C)c(CC(C)C)c[n+]1C.[2H]C([2H])(c1c[n+](C)c(-c2ccccc2C)cc1C)C(C)C.[2H]C([2H])(c1cc(-c2ccccc2C)[n+](C)cc1C([2H])([2H])C(C)C)C(C)C. The van der Waals surface area contributed by atoms with Crippen molar-refractivity contribution < 1.29 is 26.5 Å². The standard InChI is InChI=1S/2C21H30N.2C18H24N/c2*1-15(2)11-18-13-21(20-10-8-7-9-17(20)5)22(6)14-19(18)12-16(3)4;2*1-13(2)10-16-12-19(5)18(11-15(16)4)17-9-7-6-8-14(17)3/h2*7-10,13-16H,11-12H2,1-6H3;2*6-9,11-13H,10H2,1-5H3/q4*+1/i11D2,12D2;;10D2;. The van der Waals surface area contributed by atoms with Crippen LogP contribution in [-0.4, -0.2) is 0 Å². The predicted molar refractivity (Wildman–Crippen MR) is 352 cm³/mol. The lowest BCUT2D eigenvalue weighted by Gasteiger charge is -2.14. The van der Waals surface area contributed by atoms with Crippen LogP contribution in [0.5, 0.6) is 0 Å². The van der Waals surface area contributed by atoms with Crippen LogP contribution in [0.15, 0.2) is 146 Å². The Balaban J connectivity index is 0.000000215. The van der Waals surface area contributed by atoms with Crippen molar-refractivity contribution in [2.24, 2.45) is 63.7 Å². The summed E-state index contributed by atoms with van der Waals surface area (Å²) >= 11 is 0. The zero-order valence-electron chi connectivity index (χ0n) is 60.7. The van der Waals surface area contributed by atoms with Gasteiger partial charge in [0.15, 0.2) is 24.8 Å². The number of benzene rings is 4. The van der Waals surface area contributed by atoms with Gasteiger partial charge < -0.3 is 0 Å². The van der Waals surface area contributed by atoms with Gasteiger partial charge in [-0.3, -0.25) is 0 Å². The fourth-order valence-corrected chi connectivity index (χ4v) is 10.7. The number of aromatic nitrogens is 4. The fourth-order valence-electron chi connectivity index (χ4n) is 10.7. The van der Waals surface area contributed by atoms with Crippen molar-refractivity contribution in [2.45, 2.75) is 163 Å². The number of nitrogens with zero attached hydrogens (tertiary/aromatic N) is 4. The Hall–Kier alpha value is -6.52. The van der Waals surface area contributed by atoms with Gasteiger partial charge >= 0.3 is 0 Å². The first-order valence-electron chi connectivity index (χ1n) is 33.3. The van der Waals surface area contributed by atoms with E-state index in [0.717, 1.165) is 52.9 Å². The molecule has 4 aromatic heterocycles. The van der Waals surface area contributed by atoms with Gasteiger partial charge in [-0.25, -0.2) is 18.3 Å². The molecule has 8 rings (SSSR count). The molecule has 0 saturated carbocycles. The van der Waals surface area contributed by atoms with E-state index in [-0.39, 0.29) is 17.8 Å². The van der Waals surface area contributed by atoms with E-state index in [0.29, 0.717) is 28.9 Å². The molecule has 0 spiro atoms. The van der Waals surface area contributed by atoms with Gasteiger partial charge in [0.25, 0.3) is 0 Å². The molecule has 0 bridgehead atoms. The molecule has 0 aliphatic carbocycles. The summed E-state index contributed by atoms with van der Waals surface area (Å²) in [4.78, 5) is 0. The Morgan fingerprint density at radius 2 is 0.537 bits per heavy atom. The van der Waals surface area contributed by atoms with Gasteiger partial charge in [-0.1, -0.05) is 156 Å².